The molecule has 0 saturated carbocycles. The Morgan fingerprint density at radius 2 is 1.70 bits per heavy atom. The minimum absolute atomic E-state index is 0.0328. The van der Waals surface area contributed by atoms with Crippen LogP contribution in [-0.4, -0.2) is 71.9 Å². The average Bonchev–Trinajstić information content (AvgIpc) is 2.92. The highest BCUT2D eigenvalue weighted by Gasteiger charge is 2.30. The minimum atomic E-state index is -1.08. The SMILES string of the molecule is CCC(F)(CC)CN1CCC(COc2ccc(-c3ccc(C(=O)N4CCC[C@@H](O)C4)c(F)c3)cc2)CC1. The van der Waals surface area contributed by atoms with Gasteiger partial charge < -0.3 is 19.6 Å². The number of alkyl halides is 1. The molecule has 0 radical (unpaired) electrons. The number of ether oxygens (including phenoxy) is 1. The summed E-state index contributed by atoms with van der Waals surface area (Å²) in [5.74, 6) is 0.282. The summed E-state index contributed by atoms with van der Waals surface area (Å²) in [5, 5.41) is 9.82. The topological polar surface area (TPSA) is 53.0 Å². The normalized spacial score (nSPS) is 19.7. The number of β-amino-alcohol motifs (C(OH)–C–C–N with tert-alkyl or cyclic N) is 1. The van der Waals surface area contributed by atoms with Crippen LogP contribution in [0, 0.1) is 11.7 Å². The number of likely N-dealkylation sites (tertiary alicyclic amines) is 2. The van der Waals surface area contributed by atoms with Gasteiger partial charge in [-0.25, -0.2) is 8.78 Å². The lowest BCUT2D eigenvalue weighted by Crippen LogP contribution is -2.44. The molecule has 202 valence electrons. The van der Waals surface area contributed by atoms with E-state index in [2.05, 4.69) is 4.90 Å². The Morgan fingerprint density at radius 3 is 2.32 bits per heavy atom. The zero-order valence-corrected chi connectivity index (χ0v) is 22.1. The first kappa shape index (κ1) is 27.5. The van der Waals surface area contributed by atoms with Gasteiger partial charge in [-0.15, -0.1) is 0 Å². The number of amides is 1. The first-order chi connectivity index (χ1) is 17.8. The fourth-order valence-electron chi connectivity index (χ4n) is 5.32. The highest BCUT2D eigenvalue weighted by atomic mass is 19.1. The van der Waals surface area contributed by atoms with Crippen molar-refractivity contribution < 1.29 is 23.4 Å². The predicted octanol–water partition coefficient (Wildman–Crippen LogP) is 5.71. The smallest absolute Gasteiger partial charge is 0.256 e. The Labute approximate surface area is 219 Å². The van der Waals surface area contributed by atoms with Crippen molar-refractivity contribution in [1.82, 2.24) is 9.80 Å². The van der Waals surface area contributed by atoms with Crippen LogP contribution in [0.15, 0.2) is 42.5 Å². The van der Waals surface area contributed by atoms with E-state index in [0.717, 1.165) is 43.7 Å². The molecule has 2 aliphatic heterocycles. The molecule has 0 aromatic heterocycles. The van der Waals surface area contributed by atoms with E-state index >= 15 is 0 Å². The zero-order valence-electron chi connectivity index (χ0n) is 22.1. The van der Waals surface area contributed by atoms with E-state index in [1.165, 1.54) is 17.0 Å². The third-order valence-corrected chi connectivity index (χ3v) is 8.04. The molecule has 0 bridgehead atoms. The highest BCUT2D eigenvalue weighted by Crippen LogP contribution is 2.28. The van der Waals surface area contributed by atoms with Crippen LogP contribution in [0.5, 0.6) is 5.75 Å². The molecule has 0 spiro atoms. The number of benzene rings is 2. The molecule has 37 heavy (non-hydrogen) atoms. The maximum absolute atomic E-state index is 14.8. The van der Waals surface area contributed by atoms with Gasteiger partial charge in [0.25, 0.3) is 5.91 Å². The molecule has 1 amide bonds. The molecule has 4 rings (SSSR count). The molecule has 1 N–H and O–H groups in total. The van der Waals surface area contributed by atoms with E-state index in [1.807, 2.05) is 38.1 Å². The number of hydrogen-bond acceptors (Lipinski definition) is 4. The first-order valence-corrected chi connectivity index (χ1v) is 13.7. The molecule has 2 saturated heterocycles. The van der Waals surface area contributed by atoms with E-state index < -0.39 is 17.6 Å². The lowest BCUT2D eigenvalue weighted by Gasteiger charge is -2.36. The van der Waals surface area contributed by atoms with Crippen molar-refractivity contribution in [3.8, 4) is 16.9 Å². The highest BCUT2D eigenvalue weighted by molar-refractivity contribution is 5.95. The summed E-state index contributed by atoms with van der Waals surface area (Å²) in [5.41, 5.74) is 0.481. The maximum Gasteiger partial charge on any atom is 0.256 e. The Morgan fingerprint density at radius 1 is 1.03 bits per heavy atom. The largest absolute Gasteiger partial charge is 0.493 e. The van der Waals surface area contributed by atoms with E-state index in [9.17, 15) is 18.7 Å². The fourth-order valence-corrected chi connectivity index (χ4v) is 5.32. The monoisotopic (exact) mass is 514 g/mol. The molecular formula is C30H40F2N2O3. The summed E-state index contributed by atoms with van der Waals surface area (Å²) in [6.45, 7) is 7.58. The molecule has 2 aliphatic rings. The van der Waals surface area contributed by atoms with Crippen molar-refractivity contribution in [1.29, 1.82) is 0 Å². The number of aliphatic hydroxyl groups is 1. The van der Waals surface area contributed by atoms with Crippen LogP contribution in [0.2, 0.25) is 0 Å². The number of carbonyl (C=O) groups is 1. The van der Waals surface area contributed by atoms with Crippen LogP contribution in [0.3, 0.4) is 0 Å². The minimum Gasteiger partial charge on any atom is -0.493 e. The van der Waals surface area contributed by atoms with Crippen LogP contribution in [-0.2, 0) is 0 Å². The molecule has 0 unspecified atom stereocenters. The van der Waals surface area contributed by atoms with Crippen molar-refractivity contribution in [2.24, 2.45) is 5.92 Å². The van der Waals surface area contributed by atoms with Gasteiger partial charge in [-0.3, -0.25) is 4.79 Å². The van der Waals surface area contributed by atoms with Gasteiger partial charge in [0, 0.05) is 19.6 Å². The number of carbonyl (C=O) groups excluding carboxylic acids is 1. The number of halogens is 2. The fraction of sp³-hybridized carbons (Fsp3) is 0.567. The summed E-state index contributed by atoms with van der Waals surface area (Å²) >= 11 is 0. The number of piperidine rings is 2. The summed E-state index contributed by atoms with van der Waals surface area (Å²) in [4.78, 5) is 16.5. The van der Waals surface area contributed by atoms with Gasteiger partial charge in [0.2, 0.25) is 0 Å². The van der Waals surface area contributed by atoms with E-state index in [0.29, 0.717) is 50.4 Å². The number of aliphatic hydroxyl groups excluding tert-OH is 1. The number of hydrogen-bond donors (Lipinski definition) is 1. The van der Waals surface area contributed by atoms with Gasteiger partial charge in [0.15, 0.2) is 0 Å². The van der Waals surface area contributed by atoms with Crippen molar-refractivity contribution in [2.45, 2.75) is 64.1 Å². The summed E-state index contributed by atoms with van der Waals surface area (Å²) in [6.07, 6.45) is 3.96. The predicted molar refractivity (Wildman–Crippen MR) is 142 cm³/mol. The molecule has 7 heteroatoms. The molecule has 2 fully saturated rings. The molecule has 2 aromatic rings. The quantitative estimate of drug-likeness (QED) is 0.466. The maximum atomic E-state index is 14.8. The Hall–Kier alpha value is -2.51. The molecule has 2 heterocycles. The van der Waals surface area contributed by atoms with Crippen molar-refractivity contribution in [3.05, 3.63) is 53.8 Å². The first-order valence-electron chi connectivity index (χ1n) is 13.7. The van der Waals surface area contributed by atoms with Gasteiger partial charge in [-0.1, -0.05) is 32.0 Å². The van der Waals surface area contributed by atoms with Gasteiger partial charge in [0.1, 0.15) is 17.2 Å². The van der Waals surface area contributed by atoms with Gasteiger partial charge in [-0.05, 0) is 92.9 Å². The van der Waals surface area contributed by atoms with E-state index in [4.69, 9.17) is 4.74 Å². The van der Waals surface area contributed by atoms with E-state index in [1.54, 1.807) is 6.07 Å². The lowest BCUT2D eigenvalue weighted by molar-refractivity contribution is 0.0470. The Kier molecular flexibility index (Phi) is 9.19. The van der Waals surface area contributed by atoms with Crippen LogP contribution in [0.1, 0.15) is 62.7 Å². The molecule has 1 atom stereocenters. The summed E-state index contributed by atoms with van der Waals surface area (Å²) < 4.78 is 35.6. The molecule has 0 aliphatic carbocycles. The second-order valence-corrected chi connectivity index (χ2v) is 10.7. The average molecular weight is 515 g/mol. The van der Waals surface area contributed by atoms with E-state index in [-0.39, 0.29) is 18.0 Å². The van der Waals surface area contributed by atoms with Crippen LogP contribution in [0.4, 0.5) is 8.78 Å². The van der Waals surface area contributed by atoms with Gasteiger partial charge in [-0.2, -0.15) is 0 Å². The summed E-state index contributed by atoms with van der Waals surface area (Å²) in [6, 6.07) is 12.2. The number of nitrogens with zero attached hydrogens (tertiary/aromatic N) is 2. The van der Waals surface area contributed by atoms with Crippen LogP contribution in [0.25, 0.3) is 11.1 Å². The second-order valence-electron chi connectivity index (χ2n) is 10.7. The molecule has 2 aromatic carbocycles. The second kappa shape index (κ2) is 12.4. The molecular weight excluding hydrogens is 474 g/mol. The standard InChI is InChI=1S/C30H40F2N2O3/c1-3-30(32,4-2)21-33-16-13-22(14-17-33)20-37-26-10-7-23(8-11-26)24-9-12-27(28(31)18-24)29(36)34-15-5-6-25(35)19-34/h7-12,18,22,25,35H,3-6,13-17,19-21H2,1-2H3/t25-/m1/s1. The summed E-state index contributed by atoms with van der Waals surface area (Å²) in [7, 11) is 0. The third-order valence-electron chi connectivity index (χ3n) is 8.04. The van der Waals surface area contributed by atoms with Crippen molar-refractivity contribution in [3.63, 3.8) is 0 Å². The van der Waals surface area contributed by atoms with Crippen molar-refractivity contribution in [2.75, 3.05) is 39.3 Å². The number of rotatable bonds is 9. The third kappa shape index (κ3) is 7.08. The molecule has 5 nitrogen and oxygen atoms in total. The lowest BCUT2D eigenvalue weighted by atomic mass is 9.94. The Balaban J connectivity index is 1.28. The van der Waals surface area contributed by atoms with Gasteiger partial charge >= 0.3 is 0 Å². The Bertz CT molecular complexity index is 1030. The van der Waals surface area contributed by atoms with Gasteiger partial charge in [0.05, 0.1) is 18.3 Å². The van der Waals surface area contributed by atoms with Crippen molar-refractivity contribution >= 4 is 5.91 Å². The van der Waals surface area contributed by atoms with Crippen LogP contribution < -0.4 is 4.74 Å². The zero-order chi connectivity index (χ0) is 26.4. The van der Waals surface area contributed by atoms with Crippen LogP contribution >= 0.6 is 0 Å².